The molecule has 19 heavy (non-hydrogen) atoms. The Morgan fingerprint density at radius 1 is 1.47 bits per heavy atom. The highest BCUT2D eigenvalue weighted by Crippen LogP contribution is 2.07. The molecule has 0 atom stereocenters. The van der Waals surface area contributed by atoms with E-state index in [1.54, 1.807) is 6.92 Å². The standard InChI is InChI=1S/C13H18FN3O2/c1-4-17(8-11(18)16-9(2)3)13(19)10-6-5-7-15-12(10)14/h5-7,9H,4,8H2,1-3H3,(H,16,18). The zero-order valence-electron chi connectivity index (χ0n) is 11.3. The molecule has 1 aromatic rings. The van der Waals surface area contributed by atoms with Gasteiger partial charge >= 0.3 is 0 Å². The van der Waals surface area contributed by atoms with Gasteiger partial charge in [-0.05, 0) is 32.9 Å². The van der Waals surface area contributed by atoms with Gasteiger partial charge in [-0.1, -0.05) is 0 Å². The number of amides is 2. The maximum atomic E-state index is 13.4. The molecule has 0 unspecified atom stereocenters. The summed E-state index contributed by atoms with van der Waals surface area (Å²) in [6.45, 7) is 5.61. The monoisotopic (exact) mass is 267 g/mol. The van der Waals surface area contributed by atoms with E-state index >= 15 is 0 Å². The van der Waals surface area contributed by atoms with E-state index in [4.69, 9.17) is 0 Å². The van der Waals surface area contributed by atoms with Crippen molar-refractivity contribution in [3.63, 3.8) is 0 Å². The Labute approximate surface area is 111 Å². The highest BCUT2D eigenvalue weighted by molar-refractivity contribution is 5.96. The molecular formula is C13H18FN3O2. The van der Waals surface area contributed by atoms with Crippen molar-refractivity contribution in [1.29, 1.82) is 0 Å². The minimum atomic E-state index is -0.824. The molecular weight excluding hydrogens is 249 g/mol. The third-order valence-electron chi connectivity index (χ3n) is 2.44. The molecule has 0 aliphatic rings. The molecule has 0 aliphatic heterocycles. The smallest absolute Gasteiger partial charge is 0.258 e. The van der Waals surface area contributed by atoms with Crippen molar-refractivity contribution in [3.05, 3.63) is 29.8 Å². The van der Waals surface area contributed by atoms with E-state index in [2.05, 4.69) is 10.3 Å². The van der Waals surface area contributed by atoms with Gasteiger partial charge in [-0.15, -0.1) is 0 Å². The fraction of sp³-hybridized carbons (Fsp3) is 0.462. The van der Waals surface area contributed by atoms with Gasteiger partial charge < -0.3 is 10.2 Å². The van der Waals surface area contributed by atoms with Gasteiger partial charge in [0, 0.05) is 18.8 Å². The van der Waals surface area contributed by atoms with Crippen LogP contribution in [-0.4, -0.2) is 40.8 Å². The van der Waals surface area contributed by atoms with Crippen molar-refractivity contribution < 1.29 is 14.0 Å². The first-order valence-electron chi connectivity index (χ1n) is 6.14. The maximum Gasteiger partial charge on any atom is 0.258 e. The molecule has 1 N–H and O–H groups in total. The first-order valence-corrected chi connectivity index (χ1v) is 6.14. The lowest BCUT2D eigenvalue weighted by Crippen LogP contribution is -2.42. The van der Waals surface area contributed by atoms with Crippen molar-refractivity contribution in [2.75, 3.05) is 13.1 Å². The number of carbonyl (C=O) groups excluding carboxylic acids is 2. The summed E-state index contributed by atoms with van der Waals surface area (Å²) in [5.41, 5.74) is -0.123. The third kappa shape index (κ3) is 4.31. The highest BCUT2D eigenvalue weighted by Gasteiger charge is 2.20. The number of aromatic nitrogens is 1. The number of nitrogens with one attached hydrogen (secondary N) is 1. The molecule has 2 amide bonds. The lowest BCUT2D eigenvalue weighted by Gasteiger charge is -2.21. The van der Waals surface area contributed by atoms with Gasteiger partial charge in [-0.25, -0.2) is 4.98 Å². The summed E-state index contributed by atoms with van der Waals surface area (Å²) in [7, 11) is 0. The molecule has 0 radical (unpaired) electrons. The first kappa shape index (κ1) is 15.1. The molecule has 1 aromatic heterocycles. The molecule has 0 bridgehead atoms. The van der Waals surface area contributed by atoms with Crippen LogP contribution in [0.15, 0.2) is 18.3 Å². The lowest BCUT2D eigenvalue weighted by molar-refractivity contribution is -0.122. The van der Waals surface area contributed by atoms with Gasteiger partial charge in [0.2, 0.25) is 11.9 Å². The molecule has 0 aromatic carbocycles. The normalized spacial score (nSPS) is 10.4. The van der Waals surface area contributed by atoms with Crippen LogP contribution >= 0.6 is 0 Å². The van der Waals surface area contributed by atoms with E-state index in [1.165, 1.54) is 23.2 Å². The van der Waals surface area contributed by atoms with Crippen LogP contribution in [0, 0.1) is 5.95 Å². The third-order valence-corrected chi connectivity index (χ3v) is 2.44. The van der Waals surface area contributed by atoms with Crippen LogP contribution in [0.3, 0.4) is 0 Å². The summed E-state index contributed by atoms with van der Waals surface area (Å²) >= 11 is 0. The van der Waals surface area contributed by atoms with Gasteiger partial charge in [-0.3, -0.25) is 9.59 Å². The van der Waals surface area contributed by atoms with E-state index < -0.39 is 11.9 Å². The fourth-order valence-corrected chi connectivity index (χ4v) is 1.58. The van der Waals surface area contributed by atoms with E-state index in [0.717, 1.165) is 0 Å². The fourth-order valence-electron chi connectivity index (χ4n) is 1.58. The van der Waals surface area contributed by atoms with Crippen molar-refractivity contribution in [2.24, 2.45) is 0 Å². The Balaban J connectivity index is 2.78. The molecule has 0 spiro atoms. The zero-order chi connectivity index (χ0) is 14.4. The summed E-state index contributed by atoms with van der Waals surface area (Å²) in [6, 6.07) is 2.84. The average molecular weight is 267 g/mol. The molecule has 1 rings (SSSR count). The summed E-state index contributed by atoms with van der Waals surface area (Å²) < 4.78 is 13.4. The molecule has 5 nitrogen and oxygen atoms in total. The largest absolute Gasteiger partial charge is 0.352 e. The number of hydrogen-bond acceptors (Lipinski definition) is 3. The summed E-state index contributed by atoms with van der Waals surface area (Å²) in [5, 5.41) is 2.69. The van der Waals surface area contributed by atoms with Crippen LogP contribution in [0.25, 0.3) is 0 Å². The van der Waals surface area contributed by atoms with Crippen molar-refractivity contribution in [2.45, 2.75) is 26.8 Å². The zero-order valence-corrected chi connectivity index (χ0v) is 11.3. The number of nitrogens with zero attached hydrogens (tertiary/aromatic N) is 2. The Morgan fingerprint density at radius 3 is 2.68 bits per heavy atom. The van der Waals surface area contributed by atoms with Crippen molar-refractivity contribution >= 4 is 11.8 Å². The summed E-state index contributed by atoms with van der Waals surface area (Å²) in [5.74, 6) is -1.63. The molecule has 0 saturated carbocycles. The molecule has 104 valence electrons. The molecule has 6 heteroatoms. The second-order valence-electron chi connectivity index (χ2n) is 4.38. The number of hydrogen-bond donors (Lipinski definition) is 1. The van der Waals surface area contributed by atoms with Crippen LogP contribution in [0.1, 0.15) is 31.1 Å². The lowest BCUT2D eigenvalue weighted by atomic mass is 10.2. The first-order chi connectivity index (χ1) is 8.95. The average Bonchev–Trinajstić information content (AvgIpc) is 2.35. The van der Waals surface area contributed by atoms with Gasteiger partial charge in [0.05, 0.1) is 12.1 Å². The molecule has 0 saturated heterocycles. The van der Waals surface area contributed by atoms with E-state index in [1.807, 2.05) is 13.8 Å². The highest BCUT2D eigenvalue weighted by atomic mass is 19.1. The van der Waals surface area contributed by atoms with Crippen LogP contribution in [-0.2, 0) is 4.79 Å². The number of likely N-dealkylation sites (N-methyl/N-ethyl adjacent to an activating group) is 1. The van der Waals surface area contributed by atoms with Crippen molar-refractivity contribution in [1.82, 2.24) is 15.2 Å². The number of rotatable bonds is 5. The minimum Gasteiger partial charge on any atom is -0.352 e. The number of pyridine rings is 1. The van der Waals surface area contributed by atoms with Crippen LogP contribution in [0.2, 0.25) is 0 Å². The Kier molecular flexibility index (Phi) is 5.41. The number of carbonyl (C=O) groups is 2. The van der Waals surface area contributed by atoms with E-state index in [0.29, 0.717) is 6.54 Å². The van der Waals surface area contributed by atoms with Gasteiger partial charge in [-0.2, -0.15) is 4.39 Å². The van der Waals surface area contributed by atoms with Crippen LogP contribution in [0.4, 0.5) is 4.39 Å². The quantitative estimate of drug-likeness (QED) is 0.816. The number of halogens is 1. The van der Waals surface area contributed by atoms with E-state index in [-0.39, 0.29) is 24.1 Å². The van der Waals surface area contributed by atoms with Gasteiger partial charge in [0.15, 0.2) is 0 Å². The second kappa shape index (κ2) is 6.82. The second-order valence-corrected chi connectivity index (χ2v) is 4.38. The predicted octanol–water partition coefficient (Wildman–Crippen LogP) is 1.21. The Morgan fingerprint density at radius 2 is 2.16 bits per heavy atom. The minimum absolute atomic E-state index is 0.00330. The Hall–Kier alpha value is -1.98. The Bertz CT molecular complexity index is 463. The topological polar surface area (TPSA) is 62.3 Å². The molecule has 1 heterocycles. The summed E-state index contributed by atoms with van der Waals surface area (Å²) in [6.07, 6.45) is 1.27. The SMILES string of the molecule is CCN(CC(=O)NC(C)C)C(=O)c1cccnc1F. The predicted molar refractivity (Wildman–Crippen MR) is 69.1 cm³/mol. The molecule has 0 aliphatic carbocycles. The van der Waals surface area contributed by atoms with Crippen LogP contribution in [0.5, 0.6) is 0 Å². The van der Waals surface area contributed by atoms with E-state index in [9.17, 15) is 14.0 Å². The van der Waals surface area contributed by atoms with Crippen molar-refractivity contribution in [3.8, 4) is 0 Å². The van der Waals surface area contributed by atoms with Crippen LogP contribution < -0.4 is 5.32 Å². The summed E-state index contributed by atoms with van der Waals surface area (Å²) in [4.78, 5) is 28.4. The molecule has 0 fully saturated rings. The maximum absolute atomic E-state index is 13.4. The van der Waals surface area contributed by atoms with Gasteiger partial charge in [0.25, 0.3) is 5.91 Å². The van der Waals surface area contributed by atoms with Gasteiger partial charge in [0.1, 0.15) is 0 Å².